The molecule has 0 saturated heterocycles. The van der Waals surface area contributed by atoms with Gasteiger partial charge in [0.25, 0.3) is 0 Å². The molecule has 0 radical (unpaired) electrons. The lowest BCUT2D eigenvalue weighted by Gasteiger charge is -2.06. The Labute approximate surface area is 154 Å². The number of hydrogen-bond acceptors (Lipinski definition) is 3. The van der Waals surface area contributed by atoms with E-state index in [9.17, 15) is 0 Å². The van der Waals surface area contributed by atoms with Crippen LogP contribution in [0.3, 0.4) is 0 Å². The Balaban J connectivity index is 1.63. The quantitative estimate of drug-likeness (QED) is 0.528. The van der Waals surface area contributed by atoms with Crippen molar-refractivity contribution in [2.24, 2.45) is 4.99 Å². The molecule has 3 rings (SSSR count). The molecule has 3 nitrogen and oxygen atoms in total. The molecule has 3 heteroatoms. The third-order valence-corrected chi connectivity index (χ3v) is 3.79. The van der Waals surface area contributed by atoms with Crippen LogP contribution in [0.25, 0.3) is 6.08 Å². The van der Waals surface area contributed by atoms with E-state index in [1.165, 1.54) is 0 Å². The van der Waals surface area contributed by atoms with Gasteiger partial charge in [-0.05, 0) is 48.0 Å². The van der Waals surface area contributed by atoms with Gasteiger partial charge in [0.1, 0.15) is 18.1 Å². The summed E-state index contributed by atoms with van der Waals surface area (Å²) in [6, 6.07) is 25.7. The normalized spacial score (nSPS) is 11.1. The Morgan fingerprint density at radius 1 is 0.846 bits per heavy atom. The zero-order valence-corrected chi connectivity index (χ0v) is 14.7. The summed E-state index contributed by atoms with van der Waals surface area (Å²) >= 11 is 0. The molecule has 0 aliphatic heterocycles. The average molecular weight is 343 g/mol. The molecular formula is C23H21NO2. The molecule has 0 bridgehead atoms. The van der Waals surface area contributed by atoms with E-state index in [0.29, 0.717) is 6.61 Å². The highest BCUT2D eigenvalue weighted by molar-refractivity contribution is 5.85. The van der Waals surface area contributed by atoms with Crippen LogP contribution in [0.15, 0.2) is 89.9 Å². The lowest BCUT2D eigenvalue weighted by atomic mass is 10.2. The summed E-state index contributed by atoms with van der Waals surface area (Å²) in [6.07, 6.45) is 5.87. The molecular weight excluding hydrogens is 322 g/mol. The summed E-state index contributed by atoms with van der Waals surface area (Å²) in [4.78, 5) is 4.51. The van der Waals surface area contributed by atoms with Crippen LogP contribution in [0.1, 0.15) is 11.1 Å². The number of methoxy groups -OCH3 is 1. The van der Waals surface area contributed by atoms with E-state index < -0.39 is 0 Å². The first-order valence-electron chi connectivity index (χ1n) is 8.47. The fraction of sp³-hybridized carbons (Fsp3) is 0.0870. The van der Waals surface area contributed by atoms with Gasteiger partial charge in [0.2, 0.25) is 0 Å². The number of nitrogens with zero attached hydrogens (tertiary/aromatic N) is 1. The van der Waals surface area contributed by atoms with Gasteiger partial charge in [-0.2, -0.15) is 0 Å². The molecule has 3 aromatic carbocycles. The summed E-state index contributed by atoms with van der Waals surface area (Å²) < 4.78 is 11.0. The molecule has 3 aromatic rings. The van der Waals surface area contributed by atoms with Crippen LogP contribution in [-0.4, -0.2) is 19.9 Å². The molecule has 0 fully saturated rings. The van der Waals surface area contributed by atoms with Crippen molar-refractivity contribution in [2.75, 3.05) is 13.7 Å². The maximum atomic E-state index is 5.89. The standard InChI is InChI=1S/C23H21NO2/c1-25-22-15-13-21(14-16-22)24-18-20-11-5-6-12-23(20)26-17-7-10-19-8-3-2-4-9-19/h2-16,18H,17H2,1H3/b10-7+,24-18?. The van der Waals surface area contributed by atoms with Gasteiger partial charge in [0, 0.05) is 11.8 Å². The van der Waals surface area contributed by atoms with Crippen LogP contribution in [0.4, 0.5) is 5.69 Å². The smallest absolute Gasteiger partial charge is 0.128 e. The highest BCUT2D eigenvalue weighted by atomic mass is 16.5. The van der Waals surface area contributed by atoms with E-state index in [0.717, 1.165) is 28.3 Å². The predicted octanol–water partition coefficient (Wildman–Crippen LogP) is 5.54. The van der Waals surface area contributed by atoms with Crippen LogP contribution in [-0.2, 0) is 0 Å². The molecule has 0 heterocycles. The van der Waals surface area contributed by atoms with Crippen molar-refractivity contribution in [1.29, 1.82) is 0 Å². The molecule has 0 saturated carbocycles. The van der Waals surface area contributed by atoms with Gasteiger partial charge < -0.3 is 9.47 Å². The summed E-state index contributed by atoms with van der Waals surface area (Å²) in [6.45, 7) is 0.502. The van der Waals surface area contributed by atoms with Crippen LogP contribution in [0.2, 0.25) is 0 Å². The first-order chi connectivity index (χ1) is 12.8. The minimum atomic E-state index is 0.502. The minimum absolute atomic E-state index is 0.502. The summed E-state index contributed by atoms with van der Waals surface area (Å²) in [7, 11) is 1.65. The largest absolute Gasteiger partial charge is 0.497 e. The molecule has 26 heavy (non-hydrogen) atoms. The number of rotatable bonds is 7. The Hall–Kier alpha value is -3.33. The van der Waals surface area contributed by atoms with Crippen LogP contribution < -0.4 is 9.47 Å². The lowest BCUT2D eigenvalue weighted by Crippen LogP contribution is -1.97. The Morgan fingerprint density at radius 2 is 1.58 bits per heavy atom. The molecule has 0 aliphatic rings. The van der Waals surface area contributed by atoms with Crippen LogP contribution >= 0.6 is 0 Å². The van der Waals surface area contributed by atoms with Gasteiger partial charge in [-0.15, -0.1) is 0 Å². The monoisotopic (exact) mass is 343 g/mol. The summed E-state index contributed by atoms with van der Waals surface area (Å²) in [5.41, 5.74) is 2.96. The van der Waals surface area contributed by atoms with Gasteiger partial charge >= 0.3 is 0 Å². The highest BCUT2D eigenvalue weighted by Gasteiger charge is 1.99. The van der Waals surface area contributed by atoms with E-state index in [-0.39, 0.29) is 0 Å². The van der Waals surface area contributed by atoms with Crippen molar-refractivity contribution in [3.8, 4) is 11.5 Å². The number of aliphatic imine (C=N–C) groups is 1. The fourth-order valence-corrected chi connectivity index (χ4v) is 2.42. The third kappa shape index (κ3) is 5.08. The molecule has 0 N–H and O–H groups in total. The van der Waals surface area contributed by atoms with E-state index in [1.54, 1.807) is 7.11 Å². The topological polar surface area (TPSA) is 30.8 Å². The van der Waals surface area contributed by atoms with E-state index in [2.05, 4.69) is 17.1 Å². The molecule has 0 unspecified atom stereocenters. The van der Waals surface area contributed by atoms with Gasteiger partial charge in [0.05, 0.1) is 12.8 Å². The molecule has 0 spiro atoms. The maximum absolute atomic E-state index is 5.89. The molecule has 0 aliphatic carbocycles. The predicted molar refractivity (Wildman–Crippen MR) is 108 cm³/mol. The van der Waals surface area contributed by atoms with Crippen molar-refractivity contribution >= 4 is 18.0 Å². The summed E-state index contributed by atoms with van der Waals surface area (Å²) in [5.74, 6) is 1.63. The Morgan fingerprint density at radius 3 is 2.35 bits per heavy atom. The van der Waals surface area contributed by atoms with E-state index in [1.807, 2.05) is 85.1 Å². The maximum Gasteiger partial charge on any atom is 0.128 e. The SMILES string of the molecule is COc1ccc(N=Cc2ccccc2OC/C=C/c2ccccc2)cc1. The molecule has 0 amide bonds. The van der Waals surface area contributed by atoms with Crippen molar-refractivity contribution in [3.63, 3.8) is 0 Å². The molecule has 0 aromatic heterocycles. The first-order valence-corrected chi connectivity index (χ1v) is 8.47. The zero-order valence-electron chi connectivity index (χ0n) is 14.7. The molecule has 130 valence electrons. The lowest BCUT2D eigenvalue weighted by molar-refractivity contribution is 0.363. The van der Waals surface area contributed by atoms with Crippen molar-refractivity contribution in [3.05, 3.63) is 96.1 Å². The summed E-state index contributed by atoms with van der Waals surface area (Å²) in [5, 5.41) is 0. The highest BCUT2D eigenvalue weighted by Crippen LogP contribution is 2.20. The number of benzene rings is 3. The number of ether oxygens (including phenoxy) is 2. The van der Waals surface area contributed by atoms with Gasteiger partial charge in [0.15, 0.2) is 0 Å². The van der Waals surface area contributed by atoms with Crippen LogP contribution in [0.5, 0.6) is 11.5 Å². The van der Waals surface area contributed by atoms with Crippen molar-refractivity contribution in [1.82, 2.24) is 0 Å². The molecule has 0 atom stereocenters. The second kappa shape index (κ2) is 9.23. The Bertz CT molecular complexity index is 868. The number of para-hydroxylation sites is 1. The van der Waals surface area contributed by atoms with E-state index in [4.69, 9.17) is 9.47 Å². The third-order valence-electron chi connectivity index (χ3n) is 3.79. The van der Waals surface area contributed by atoms with Crippen molar-refractivity contribution in [2.45, 2.75) is 0 Å². The van der Waals surface area contributed by atoms with Crippen LogP contribution in [0, 0.1) is 0 Å². The van der Waals surface area contributed by atoms with Gasteiger partial charge in [-0.25, -0.2) is 0 Å². The van der Waals surface area contributed by atoms with Gasteiger partial charge in [-0.1, -0.05) is 48.5 Å². The average Bonchev–Trinajstić information content (AvgIpc) is 2.71. The van der Waals surface area contributed by atoms with E-state index >= 15 is 0 Å². The van der Waals surface area contributed by atoms with Crippen molar-refractivity contribution < 1.29 is 9.47 Å². The number of hydrogen-bond donors (Lipinski definition) is 0. The van der Waals surface area contributed by atoms with Gasteiger partial charge in [-0.3, -0.25) is 4.99 Å². The second-order valence-corrected chi connectivity index (χ2v) is 5.62. The first kappa shape index (κ1) is 17.5. The minimum Gasteiger partial charge on any atom is -0.497 e. The second-order valence-electron chi connectivity index (χ2n) is 5.62. The Kier molecular flexibility index (Phi) is 6.21. The fourth-order valence-electron chi connectivity index (χ4n) is 2.42. The zero-order chi connectivity index (χ0) is 18.0.